The number of likely N-dealkylation sites (N-methyl/N-ethyl adjacent to an activating group) is 1. The number of rotatable bonds is 5. The van der Waals surface area contributed by atoms with Crippen molar-refractivity contribution in [2.24, 2.45) is 5.84 Å². The van der Waals surface area contributed by atoms with Crippen molar-refractivity contribution in [3.8, 4) is 12.3 Å². The second-order valence-electron chi connectivity index (χ2n) is 2.87. The van der Waals surface area contributed by atoms with E-state index in [9.17, 15) is 0 Å². The van der Waals surface area contributed by atoms with E-state index in [4.69, 9.17) is 12.3 Å². The topological polar surface area (TPSA) is 41.3 Å². The van der Waals surface area contributed by atoms with E-state index >= 15 is 0 Å². The highest BCUT2D eigenvalue weighted by Gasteiger charge is 2.05. The Bertz CT molecular complexity index is 126. The maximum Gasteiger partial charge on any atom is 0.0346 e. The van der Waals surface area contributed by atoms with Crippen LogP contribution >= 0.6 is 0 Å². The number of hydrogen-bond donors (Lipinski definition) is 2. The number of hydrazine groups is 1. The Morgan fingerprint density at radius 1 is 1.64 bits per heavy atom. The van der Waals surface area contributed by atoms with Crippen molar-refractivity contribution in [1.82, 2.24) is 10.3 Å². The number of nitrogens with one attached hydrogen (secondary N) is 1. The summed E-state index contributed by atoms with van der Waals surface area (Å²) in [6.07, 6.45) is 6.85. The molecule has 0 aromatic rings. The fourth-order valence-corrected chi connectivity index (χ4v) is 0.926. The van der Waals surface area contributed by atoms with Crippen molar-refractivity contribution in [3.05, 3.63) is 0 Å². The molecule has 0 aromatic carbocycles. The van der Waals surface area contributed by atoms with E-state index in [1.807, 2.05) is 14.1 Å². The predicted octanol–water partition coefficient (Wildman–Crippen LogP) is -0.207. The Hall–Kier alpha value is -0.560. The van der Waals surface area contributed by atoms with Gasteiger partial charge in [0, 0.05) is 19.0 Å². The number of nitrogens with two attached hydrogens (primary N) is 1. The summed E-state index contributed by atoms with van der Waals surface area (Å²) in [5, 5.41) is 0. The van der Waals surface area contributed by atoms with Crippen LogP contribution in [0.15, 0.2) is 0 Å². The van der Waals surface area contributed by atoms with Crippen LogP contribution < -0.4 is 11.3 Å². The molecular formula is C8H17N3. The molecule has 0 spiro atoms. The largest absolute Gasteiger partial charge is 0.308 e. The van der Waals surface area contributed by atoms with Crippen LogP contribution in [-0.4, -0.2) is 31.6 Å². The summed E-state index contributed by atoms with van der Waals surface area (Å²) < 4.78 is 0. The molecule has 3 heteroatoms. The minimum Gasteiger partial charge on any atom is -0.308 e. The highest BCUT2D eigenvalue weighted by Crippen LogP contribution is 1.95. The second kappa shape index (κ2) is 6.17. The van der Waals surface area contributed by atoms with Gasteiger partial charge in [-0.3, -0.25) is 11.3 Å². The summed E-state index contributed by atoms with van der Waals surface area (Å²) in [6, 6.07) is 0.307. The van der Waals surface area contributed by atoms with E-state index in [1.165, 1.54) is 0 Å². The van der Waals surface area contributed by atoms with E-state index < -0.39 is 0 Å². The van der Waals surface area contributed by atoms with Gasteiger partial charge < -0.3 is 4.90 Å². The van der Waals surface area contributed by atoms with E-state index in [2.05, 4.69) is 16.2 Å². The molecule has 64 valence electrons. The van der Waals surface area contributed by atoms with Crippen LogP contribution in [0.25, 0.3) is 0 Å². The monoisotopic (exact) mass is 155 g/mol. The summed E-state index contributed by atoms with van der Waals surface area (Å²) in [5.41, 5.74) is 2.73. The van der Waals surface area contributed by atoms with E-state index in [0.717, 1.165) is 19.4 Å². The molecule has 0 radical (unpaired) electrons. The summed E-state index contributed by atoms with van der Waals surface area (Å²) in [4.78, 5) is 2.08. The molecule has 0 aromatic heterocycles. The highest BCUT2D eigenvalue weighted by atomic mass is 15.3. The fraction of sp³-hybridized carbons (Fsp3) is 0.750. The van der Waals surface area contributed by atoms with Gasteiger partial charge in [0.2, 0.25) is 0 Å². The lowest BCUT2D eigenvalue weighted by molar-refractivity contribution is 0.330. The zero-order valence-corrected chi connectivity index (χ0v) is 7.30. The van der Waals surface area contributed by atoms with Crippen LogP contribution in [0.4, 0.5) is 0 Å². The Labute approximate surface area is 68.9 Å². The highest BCUT2D eigenvalue weighted by molar-refractivity contribution is 4.85. The van der Waals surface area contributed by atoms with E-state index in [0.29, 0.717) is 6.04 Å². The van der Waals surface area contributed by atoms with Crippen molar-refractivity contribution >= 4 is 0 Å². The molecule has 1 atom stereocenters. The molecule has 0 heterocycles. The Balaban J connectivity index is 3.51. The average Bonchev–Trinajstić information content (AvgIpc) is 1.97. The third kappa shape index (κ3) is 5.86. The lowest BCUT2D eigenvalue weighted by atomic mass is 10.1. The maximum atomic E-state index is 5.32. The minimum atomic E-state index is 0.307. The molecule has 0 saturated carbocycles. The SMILES string of the molecule is C#CCCC(CN(C)C)NN. The normalized spacial score (nSPS) is 13.0. The van der Waals surface area contributed by atoms with Crippen LogP contribution in [0.1, 0.15) is 12.8 Å². The van der Waals surface area contributed by atoms with Gasteiger partial charge in [0.05, 0.1) is 0 Å². The zero-order valence-electron chi connectivity index (χ0n) is 7.30. The molecule has 0 aliphatic carbocycles. The lowest BCUT2D eigenvalue weighted by Crippen LogP contribution is -2.42. The lowest BCUT2D eigenvalue weighted by Gasteiger charge is -2.18. The molecule has 0 aliphatic rings. The summed E-state index contributed by atoms with van der Waals surface area (Å²) in [5.74, 6) is 7.91. The average molecular weight is 155 g/mol. The van der Waals surface area contributed by atoms with Gasteiger partial charge in [-0.05, 0) is 20.5 Å². The first kappa shape index (κ1) is 10.4. The van der Waals surface area contributed by atoms with E-state index in [1.54, 1.807) is 0 Å². The van der Waals surface area contributed by atoms with Crippen molar-refractivity contribution in [1.29, 1.82) is 0 Å². The van der Waals surface area contributed by atoms with Gasteiger partial charge in [-0.25, -0.2) is 0 Å². The zero-order chi connectivity index (χ0) is 8.69. The quantitative estimate of drug-likeness (QED) is 0.328. The third-order valence-electron chi connectivity index (χ3n) is 1.46. The first-order valence-corrected chi connectivity index (χ1v) is 3.75. The maximum absolute atomic E-state index is 5.32. The number of nitrogens with zero attached hydrogens (tertiary/aromatic N) is 1. The van der Waals surface area contributed by atoms with Crippen molar-refractivity contribution in [2.75, 3.05) is 20.6 Å². The minimum absolute atomic E-state index is 0.307. The van der Waals surface area contributed by atoms with Crippen LogP contribution in [-0.2, 0) is 0 Å². The van der Waals surface area contributed by atoms with Crippen molar-refractivity contribution in [3.63, 3.8) is 0 Å². The van der Waals surface area contributed by atoms with Crippen LogP contribution in [0.5, 0.6) is 0 Å². The summed E-state index contributed by atoms with van der Waals surface area (Å²) in [6.45, 7) is 0.929. The van der Waals surface area contributed by atoms with Crippen LogP contribution in [0, 0.1) is 12.3 Å². The molecule has 0 fully saturated rings. The molecule has 0 amide bonds. The Morgan fingerprint density at radius 2 is 2.27 bits per heavy atom. The van der Waals surface area contributed by atoms with E-state index in [-0.39, 0.29) is 0 Å². The Kier molecular flexibility index (Phi) is 5.86. The molecular weight excluding hydrogens is 138 g/mol. The van der Waals surface area contributed by atoms with Crippen LogP contribution in [0.2, 0.25) is 0 Å². The molecule has 1 unspecified atom stereocenters. The van der Waals surface area contributed by atoms with Gasteiger partial charge in [-0.1, -0.05) is 0 Å². The van der Waals surface area contributed by atoms with Gasteiger partial charge in [-0.15, -0.1) is 12.3 Å². The van der Waals surface area contributed by atoms with Crippen LogP contribution in [0.3, 0.4) is 0 Å². The van der Waals surface area contributed by atoms with Gasteiger partial charge >= 0.3 is 0 Å². The van der Waals surface area contributed by atoms with Gasteiger partial charge in [0.15, 0.2) is 0 Å². The first-order valence-electron chi connectivity index (χ1n) is 3.75. The first-order chi connectivity index (χ1) is 5.20. The molecule has 0 aliphatic heterocycles. The molecule has 0 rings (SSSR count). The standard InChI is InChI=1S/C8H17N3/c1-4-5-6-8(10-9)7-11(2)3/h1,8,10H,5-7,9H2,2-3H3. The molecule has 3 N–H and O–H groups in total. The van der Waals surface area contributed by atoms with Gasteiger partial charge in [0.25, 0.3) is 0 Å². The second-order valence-corrected chi connectivity index (χ2v) is 2.87. The smallest absolute Gasteiger partial charge is 0.0346 e. The third-order valence-corrected chi connectivity index (χ3v) is 1.46. The fourth-order valence-electron chi connectivity index (χ4n) is 0.926. The number of terminal acetylenes is 1. The summed E-state index contributed by atoms with van der Waals surface area (Å²) >= 11 is 0. The molecule has 11 heavy (non-hydrogen) atoms. The van der Waals surface area contributed by atoms with Gasteiger partial charge in [0.1, 0.15) is 0 Å². The molecule has 3 nitrogen and oxygen atoms in total. The van der Waals surface area contributed by atoms with Gasteiger partial charge in [-0.2, -0.15) is 0 Å². The molecule has 0 bridgehead atoms. The summed E-state index contributed by atoms with van der Waals surface area (Å²) in [7, 11) is 4.03. The number of hydrogen-bond acceptors (Lipinski definition) is 3. The Morgan fingerprint density at radius 3 is 2.64 bits per heavy atom. The van der Waals surface area contributed by atoms with Crippen molar-refractivity contribution < 1.29 is 0 Å². The molecule has 0 saturated heterocycles. The van der Waals surface area contributed by atoms with Crippen molar-refractivity contribution in [2.45, 2.75) is 18.9 Å². The predicted molar refractivity (Wildman–Crippen MR) is 47.7 cm³/mol.